The maximum atomic E-state index is 8.85. The minimum Gasteiger partial charge on any atom is -0.392 e. The molecule has 2 aromatic carbocycles. The Balaban J connectivity index is 2.28. The lowest BCUT2D eigenvalue weighted by Gasteiger charge is -2.03. The van der Waals surface area contributed by atoms with E-state index in [2.05, 4.69) is 59.0 Å². The molecule has 0 bridgehead atoms. The molecular formula is C15H13IO. The van der Waals surface area contributed by atoms with Crippen LogP contribution in [0.1, 0.15) is 5.56 Å². The van der Waals surface area contributed by atoms with Gasteiger partial charge in [0.1, 0.15) is 0 Å². The summed E-state index contributed by atoms with van der Waals surface area (Å²) in [5.74, 6) is 0. The monoisotopic (exact) mass is 336 g/mol. The molecule has 0 spiro atoms. The maximum absolute atomic E-state index is 8.85. The van der Waals surface area contributed by atoms with Crippen molar-refractivity contribution in [1.82, 2.24) is 0 Å². The molecule has 0 aromatic heterocycles. The fraction of sp³-hybridized carbons (Fsp3) is 0.0667. The zero-order valence-electron chi connectivity index (χ0n) is 9.31. The van der Waals surface area contributed by atoms with E-state index in [0.717, 1.165) is 9.14 Å². The smallest absolute Gasteiger partial charge is 0.0625 e. The van der Waals surface area contributed by atoms with Gasteiger partial charge in [-0.3, -0.25) is 0 Å². The lowest BCUT2D eigenvalue weighted by atomic mass is 10.0. The lowest BCUT2D eigenvalue weighted by Crippen LogP contribution is -1.81. The van der Waals surface area contributed by atoms with Gasteiger partial charge >= 0.3 is 0 Å². The molecule has 0 aliphatic carbocycles. The zero-order chi connectivity index (χ0) is 12.1. The molecule has 17 heavy (non-hydrogen) atoms. The zero-order valence-corrected chi connectivity index (χ0v) is 11.5. The second-order valence-electron chi connectivity index (χ2n) is 3.68. The van der Waals surface area contributed by atoms with E-state index in [1.165, 1.54) is 11.1 Å². The first-order valence-corrected chi connectivity index (χ1v) is 6.51. The standard InChI is InChI=1S/C15H13IO/c16-15(10-11-17)14-8-6-13(7-9-14)12-4-2-1-3-5-12/h1-10,17H,11H2/b15-10-. The van der Waals surface area contributed by atoms with Crippen molar-refractivity contribution in [2.24, 2.45) is 0 Å². The number of aliphatic hydroxyl groups excluding tert-OH is 1. The van der Waals surface area contributed by atoms with Crippen molar-refractivity contribution in [3.8, 4) is 11.1 Å². The molecule has 0 saturated heterocycles. The van der Waals surface area contributed by atoms with Crippen LogP contribution in [0, 0.1) is 0 Å². The van der Waals surface area contributed by atoms with Gasteiger partial charge in [0.05, 0.1) is 6.61 Å². The van der Waals surface area contributed by atoms with Gasteiger partial charge in [0.25, 0.3) is 0 Å². The number of rotatable bonds is 3. The highest BCUT2D eigenvalue weighted by Gasteiger charge is 1.99. The van der Waals surface area contributed by atoms with Gasteiger partial charge in [0.15, 0.2) is 0 Å². The van der Waals surface area contributed by atoms with Crippen LogP contribution in [0.15, 0.2) is 60.7 Å². The molecule has 0 unspecified atom stereocenters. The summed E-state index contributed by atoms with van der Waals surface area (Å²) < 4.78 is 1.07. The van der Waals surface area contributed by atoms with Gasteiger partial charge in [-0.1, -0.05) is 54.6 Å². The Morgan fingerprint density at radius 1 is 0.941 bits per heavy atom. The normalized spacial score (nSPS) is 11.5. The summed E-state index contributed by atoms with van der Waals surface area (Å²) in [5, 5.41) is 8.85. The van der Waals surface area contributed by atoms with Crippen LogP contribution in [0.5, 0.6) is 0 Å². The lowest BCUT2D eigenvalue weighted by molar-refractivity contribution is 0.343. The van der Waals surface area contributed by atoms with E-state index in [9.17, 15) is 0 Å². The van der Waals surface area contributed by atoms with Crippen molar-refractivity contribution in [3.63, 3.8) is 0 Å². The first-order valence-electron chi connectivity index (χ1n) is 5.43. The number of halogens is 1. The second kappa shape index (κ2) is 5.98. The summed E-state index contributed by atoms with van der Waals surface area (Å²) in [7, 11) is 0. The van der Waals surface area contributed by atoms with E-state index in [0.29, 0.717) is 0 Å². The summed E-state index contributed by atoms with van der Waals surface area (Å²) in [6.07, 6.45) is 1.80. The van der Waals surface area contributed by atoms with Gasteiger partial charge in [-0.25, -0.2) is 0 Å². The summed E-state index contributed by atoms with van der Waals surface area (Å²) in [5.41, 5.74) is 3.57. The van der Waals surface area contributed by atoms with Gasteiger partial charge in [-0.15, -0.1) is 0 Å². The molecule has 0 fully saturated rings. The molecule has 0 amide bonds. The Hall–Kier alpha value is -1.13. The van der Waals surface area contributed by atoms with E-state index in [1.54, 1.807) is 6.08 Å². The Labute approximate surface area is 115 Å². The molecule has 0 heterocycles. The van der Waals surface area contributed by atoms with Gasteiger partial charge in [0.2, 0.25) is 0 Å². The molecule has 0 aliphatic heterocycles. The highest BCUT2D eigenvalue weighted by Crippen LogP contribution is 2.25. The quantitative estimate of drug-likeness (QED) is 0.836. The SMILES string of the molecule is OC/C=C(\I)c1ccc(-c2ccccc2)cc1. The highest BCUT2D eigenvalue weighted by atomic mass is 127. The third kappa shape index (κ3) is 3.17. The van der Waals surface area contributed by atoms with Crippen molar-refractivity contribution < 1.29 is 5.11 Å². The van der Waals surface area contributed by atoms with E-state index < -0.39 is 0 Å². The van der Waals surface area contributed by atoms with Crippen LogP contribution in [0.3, 0.4) is 0 Å². The van der Waals surface area contributed by atoms with Crippen LogP contribution in [0.2, 0.25) is 0 Å². The second-order valence-corrected chi connectivity index (χ2v) is 4.84. The number of benzene rings is 2. The summed E-state index contributed by atoms with van der Waals surface area (Å²) in [4.78, 5) is 0. The molecule has 0 saturated carbocycles. The van der Waals surface area contributed by atoms with Crippen LogP contribution in [0.4, 0.5) is 0 Å². The summed E-state index contributed by atoms with van der Waals surface area (Å²) in [6, 6.07) is 18.7. The predicted molar refractivity (Wildman–Crippen MR) is 81.0 cm³/mol. The molecule has 2 rings (SSSR count). The van der Waals surface area contributed by atoms with Gasteiger partial charge in [0, 0.05) is 3.58 Å². The van der Waals surface area contributed by atoms with E-state index in [-0.39, 0.29) is 6.61 Å². The molecule has 86 valence electrons. The molecule has 0 aliphatic rings. The van der Waals surface area contributed by atoms with Crippen molar-refractivity contribution in [2.45, 2.75) is 0 Å². The Morgan fingerprint density at radius 2 is 1.53 bits per heavy atom. The molecule has 0 radical (unpaired) electrons. The van der Waals surface area contributed by atoms with Gasteiger partial charge in [-0.05, 0) is 45.4 Å². The third-order valence-corrected chi connectivity index (χ3v) is 3.60. The Kier molecular flexibility index (Phi) is 4.34. The largest absolute Gasteiger partial charge is 0.392 e. The van der Waals surface area contributed by atoms with E-state index >= 15 is 0 Å². The Bertz CT molecular complexity index is 500. The molecule has 2 heteroatoms. The number of hydrogen-bond donors (Lipinski definition) is 1. The first kappa shape index (κ1) is 12.3. The minimum absolute atomic E-state index is 0.0821. The fourth-order valence-corrected chi connectivity index (χ4v) is 2.21. The highest BCUT2D eigenvalue weighted by molar-refractivity contribution is 14.1. The van der Waals surface area contributed by atoms with Crippen LogP contribution in [-0.4, -0.2) is 11.7 Å². The molecule has 1 nitrogen and oxygen atoms in total. The minimum atomic E-state index is 0.0821. The topological polar surface area (TPSA) is 20.2 Å². The molecule has 0 atom stereocenters. The maximum Gasteiger partial charge on any atom is 0.0625 e. The fourth-order valence-electron chi connectivity index (χ4n) is 1.65. The number of hydrogen-bond acceptors (Lipinski definition) is 1. The van der Waals surface area contributed by atoms with Gasteiger partial charge < -0.3 is 5.11 Å². The average molecular weight is 336 g/mol. The van der Waals surface area contributed by atoms with Crippen LogP contribution in [0.25, 0.3) is 14.7 Å². The van der Waals surface area contributed by atoms with Crippen molar-refractivity contribution in [3.05, 3.63) is 66.2 Å². The number of aliphatic hydroxyl groups is 1. The van der Waals surface area contributed by atoms with Crippen LogP contribution >= 0.6 is 22.6 Å². The van der Waals surface area contributed by atoms with Gasteiger partial charge in [-0.2, -0.15) is 0 Å². The summed E-state index contributed by atoms with van der Waals surface area (Å²) >= 11 is 2.23. The van der Waals surface area contributed by atoms with E-state index in [1.807, 2.05) is 18.2 Å². The molecule has 2 aromatic rings. The molecule has 1 N–H and O–H groups in total. The van der Waals surface area contributed by atoms with Crippen molar-refractivity contribution in [2.75, 3.05) is 6.61 Å². The van der Waals surface area contributed by atoms with Crippen LogP contribution in [-0.2, 0) is 0 Å². The van der Waals surface area contributed by atoms with Crippen molar-refractivity contribution >= 4 is 26.2 Å². The summed E-state index contributed by atoms with van der Waals surface area (Å²) in [6.45, 7) is 0.0821. The third-order valence-electron chi connectivity index (χ3n) is 2.54. The average Bonchev–Trinajstić information content (AvgIpc) is 2.40. The molecular weight excluding hydrogens is 323 g/mol. The Morgan fingerprint density at radius 3 is 2.12 bits per heavy atom. The van der Waals surface area contributed by atoms with E-state index in [4.69, 9.17) is 5.11 Å². The van der Waals surface area contributed by atoms with Crippen molar-refractivity contribution in [1.29, 1.82) is 0 Å². The first-order chi connectivity index (χ1) is 8.31. The predicted octanol–water partition coefficient (Wildman–Crippen LogP) is 4.12. The van der Waals surface area contributed by atoms with Crippen LogP contribution < -0.4 is 0 Å².